The molecular weight excluding hydrogens is 459 g/mol. The number of piperazine rings is 2. The van der Waals surface area contributed by atoms with E-state index in [0.29, 0.717) is 6.04 Å². The number of carbonyl (C=O) groups excluding carboxylic acids is 1. The molecular formula is C24H36Cl2N6O. The van der Waals surface area contributed by atoms with Crippen LogP contribution in [0.5, 0.6) is 0 Å². The van der Waals surface area contributed by atoms with Crippen LogP contribution in [0.3, 0.4) is 0 Å². The summed E-state index contributed by atoms with van der Waals surface area (Å²) >= 11 is 0. The van der Waals surface area contributed by atoms with Crippen molar-refractivity contribution in [2.75, 3.05) is 59.4 Å². The van der Waals surface area contributed by atoms with E-state index in [1.165, 1.54) is 0 Å². The van der Waals surface area contributed by atoms with Gasteiger partial charge in [-0.15, -0.1) is 24.8 Å². The largest absolute Gasteiger partial charge is 0.336 e. The number of benzene rings is 1. The van der Waals surface area contributed by atoms with Gasteiger partial charge in [-0.05, 0) is 45.2 Å². The molecule has 2 saturated heterocycles. The summed E-state index contributed by atoms with van der Waals surface area (Å²) in [6.07, 6.45) is 0. The highest BCUT2D eigenvalue weighted by Gasteiger charge is 2.21. The first-order chi connectivity index (χ1) is 15.0. The summed E-state index contributed by atoms with van der Waals surface area (Å²) in [7, 11) is 2.09. The highest BCUT2D eigenvalue weighted by Crippen LogP contribution is 2.19. The number of hydrogen-bond donors (Lipinski definition) is 0. The number of nitrogens with zero attached hydrogens (tertiary/aromatic N) is 6. The Morgan fingerprint density at radius 1 is 0.848 bits per heavy atom. The highest BCUT2D eigenvalue weighted by molar-refractivity contribution is 5.94. The summed E-state index contributed by atoms with van der Waals surface area (Å²) in [5.41, 5.74) is 3.56. The molecule has 0 saturated carbocycles. The Bertz CT molecular complexity index is 862. The topological polar surface area (TPSA) is 55.8 Å². The van der Waals surface area contributed by atoms with Gasteiger partial charge in [0.15, 0.2) is 0 Å². The Balaban J connectivity index is 0.00000193. The summed E-state index contributed by atoms with van der Waals surface area (Å²) in [6, 6.07) is 12.5. The summed E-state index contributed by atoms with van der Waals surface area (Å²) in [5, 5.41) is 8.90. The molecule has 0 aliphatic carbocycles. The summed E-state index contributed by atoms with van der Waals surface area (Å²) in [4.78, 5) is 21.9. The van der Waals surface area contributed by atoms with Crippen LogP contribution in [0.25, 0.3) is 11.3 Å². The second kappa shape index (κ2) is 12.6. The smallest absolute Gasteiger partial charge is 0.253 e. The Morgan fingerprint density at radius 2 is 1.48 bits per heavy atom. The maximum absolute atomic E-state index is 12.7. The monoisotopic (exact) mass is 494 g/mol. The van der Waals surface area contributed by atoms with E-state index in [9.17, 15) is 4.79 Å². The van der Waals surface area contributed by atoms with Crippen LogP contribution in [-0.2, 0) is 6.54 Å². The van der Waals surface area contributed by atoms with Gasteiger partial charge >= 0.3 is 0 Å². The second-order valence-electron chi connectivity index (χ2n) is 8.99. The zero-order valence-corrected chi connectivity index (χ0v) is 21.4. The minimum atomic E-state index is 0. The predicted molar refractivity (Wildman–Crippen MR) is 137 cm³/mol. The molecule has 2 aliphatic heterocycles. The second-order valence-corrected chi connectivity index (χ2v) is 8.99. The minimum Gasteiger partial charge on any atom is -0.336 e. The number of likely N-dealkylation sites (N-methyl/N-ethyl adjacent to an activating group) is 1. The average molecular weight is 495 g/mol. The molecule has 7 nitrogen and oxygen atoms in total. The number of halogens is 2. The van der Waals surface area contributed by atoms with Crippen molar-refractivity contribution >= 4 is 30.7 Å². The lowest BCUT2D eigenvalue weighted by molar-refractivity contribution is 0.0664. The molecule has 4 rings (SSSR count). The molecule has 0 atom stereocenters. The first kappa shape index (κ1) is 27.5. The van der Waals surface area contributed by atoms with Crippen molar-refractivity contribution < 1.29 is 4.79 Å². The van der Waals surface area contributed by atoms with Crippen molar-refractivity contribution in [1.82, 2.24) is 29.8 Å². The third-order valence-electron chi connectivity index (χ3n) is 6.46. The van der Waals surface area contributed by atoms with Gasteiger partial charge in [-0.3, -0.25) is 14.6 Å². The average Bonchev–Trinajstić information content (AvgIpc) is 2.80. The molecule has 0 N–H and O–H groups in total. The van der Waals surface area contributed by atoms with Crippen molar-refractivity contribution in [2.45, 2.75) is 26.4 Å². The third-order valence-corrected chi connectivity index (χ3v) is 6.46. The molecule has 2 aliphatic rings. The van der Waals surface area contributed by atoms with Gasteiger partial charge in [0, 0.05) is 76.1 Å². The van der Waals surface area contributed by atoms with Gasteiger partial charge in [-0.25, -0.2) is 0 Å². The number of aromatic nitrogens is 2. The van der Waals surface area contributed by atoms with Gasteiger partial charge < -0.3 is 9.80 Å². The van der Waals surface area contributed by atoms with E-state index < -0.39 is 0 Å². The van der Waals surface area contributed by atoms with E-state index in [-0.39, 0.29) is 30.7 Å². The molecule has 1 aromatic heterocycles. The fraction of sp³-hybridized carbons (Fsp3) is 0.542. The number of hydrogen-bond acceptors (Lipinski definition) is 6. The molecule has 1 amide bonds. The fourth-order valence-electron chi connectivity index (χ4n) is 4.24. The molecule has 9 heteroatoms. The van der Waals surface area contributed by atoms with Crippen LogP contribution in [0, 0.1) is 0 Å². The van der Waals surface area contributed by atoms with Crippen molar-refractivity contribution in [3.8, 4) is 11.3 Å². The van der Waals surface area contributed by atoms with Gasteiger partial charge in [0.05, 0.1) is 11.4 Å². The SMILES string of the molecule is CC(C)N1CCN(Cc2ccc(-c3ccc(C(=O)N4CCN(C)CC4)cc3)nn2)CC1.Cl.Cl. The van der Waals surface area contributed by atoms with Crippen LogP contribution in [0.15, 0.2) is 36.4 Å². The first-order valence-electron chi connectivity index (χ1n) is 11.4. The molecule has 182 valence electrons. The van der Waals surface area contributed by atoms with E-state index in [1.54, 1.807) is 0 Å². The van der Waals surface area contributed by atoms with Crippen LogP contribution in [0.4, 0.5) is 0 Å². The third kappa shape index (κ3) is 7.11. The quantitative estimate of drug-likeness (QED) is 0.636. The lowest BCUT2D eigenvalue weighted by Gasteiger charge is -2.36. The maximum Gasteiger partial charge on any atom is 0.253 e. The van der Waals surface area contributed by atoms with Gasteiger partial charge in [0.25, 0.3) is 5.91 Å². The number of carbonyl (C=O) groups is 1. The summed E-state index contributed by atoms with van der Waals surface area (Å²) in [5.74, 6) is 0.110. The Labute approximate surface area is 210 Å². The zero-order chi connectivity index (χ0) is 21.8. The van der Waals surface area contributed by atoms with Crippen LogP contribution >= 0.6 is 24.8 Å². The standard InChI is InChI=1S/C24H34N6O.2ClH/c1-19(2)29-16-12-28(13-17-29)18-22-8-9-23(26-25-22)20-4-6-21(7-5-20)24(31)30-14-10-27(3)11-15-30;;/h4-9,19H,10-18H2,1-3H3;2*1H. The van der Waals surface area contributed by atoms with E-state index in [2.05, 4.69) is 51.9 Å². The van der Waals surface area contributed by atoms with Crippen LogP contribution < -0.4 is 0 Å². The van der Waals surface area contributed by atoms with E-state index in [1.807, 2.05) is 35.2 Å². The van der Waals surface area contributed by atoms with E-state index in [0.717, 1.165) is 81.4 Å². The number of amides is 1. The van der Waals surface area contributed by atoms with Crippen molar-refractivity contribution in [2.24, 2.45) is 0 Å². The van der Waals surface area contributed by atoms with Crippen LogP contribution in [0.2, 0.25) is 0 Å². The molecule has 1 aromatic carbocycles. The molecule has 0 bridgehead atoms. The maximum atomic E-state index is 12.7. The van der Waals surface area contributed by atoms with Gasteiger partial charge in [0.2, 0.25) is 0 Å². The zero-order valence-electron chi connectivity index (χ0n) is 19.8. The lowest BCUT2D eigenvalue weighted by Crippen LogP contribution is -2.48. The van der Waals surface area contributed by atoms with E-state index in [4.69, 9.17) is 0 Å². The molecule has 0 unspecified atom stereocenters. The first-order valence-corrected chi connectivity index (χ1v) is 11.4. The van der Waals surface area contributed by atoms with Gasteiger partial charge in [-0.2, -0.15) is 10.2 Å². The van der Waals surface area contributed by atoms with Gasteiger partial charge in [0.1, 0.15) is 0 Å². The molecule has 33 heavy (non-hydrogen) atoms. The van der Waals surface area contributed by atoms with Crippen molar-refractivity contribution in [1.29, 1.82) is 0 Å². The number of rotatable bonds is 5. The predicted octanol–water partition coefficient (Wildman–Crippen LogP) is 2.90. The normalized spacial score (nSPS) is 18.0. The Kier molecular flexibility index (Phi) is 10.5. The van der Waals surface area contributed by atoms with Gasteiger partial charge in [-0.1, -0.05) is 12.1 Å². The van der Waals surface area contributed by atoms with Crippen molar-refractivity contribution in [3.63, 3.8) is 0 Å². The van der Waals surface area contributed by atoms with Crippen LogP contribution in [0.1, 0.15) is 29.9 Å². The molecule has 2 aromatic rings. The summed E-state index contributed by atoms with van der Waals surface area (Å²) < 4.78 is 0. The molecule has 0 radical (unpaired) electrons. The molecule has 3 heterocycles. The van der Waals surface area contributed by atoms with E-state index >= 15 is 0 Å². The highest BCUT2D eigenvalue weighted by atomic mass is 35.5. The Hall–Kier alpha value is -1.77. The fourth-order valence-corrected chi connectivity index (χ4v) is 4.24. The lowest BCUT2D eigenvalue weighted by atomic mass is 10.1. The van der Waals surface area contributed by atoms with Crippen molar-refractivity contribution in [3.05, 3.63) is 47.7 Å². The molecule has 0 spiro atoms. The Morgan fingerprint density at radius 3 is 2.03 bits per heavy atom. The molecule has 2 fully saturated rings. The minimum absolute atomic E-state index is 0. The van der Waals surface area contributed by atoms with Crippen LogP contribution in [-0.4, -0.2) is 101 Å². The summed E-state index contributed by atoms with van der Waals surface area (Å²) in [6.45, 7) is 13.2.